The number of ether oxygens (including phenoxy) is 1. The maximum Gasteiger partial charge on any atom is 0.240 e. The molecule has 2 fully saturated rings. The molecule has 1 aromatic heterocycles. The zero-order valence-corrected chi connectivity index (χ0v) is 15.4. The molecule has 25 heavy (non-hydrogen) atoms. The van der Waals surface area contributed by atoms with Crippen LogP contribution in [0, 0.1) is 0 Å². The lowest BCUT2D eigenvalue weighted by Gasteiger charge is -2.33. The normalized spacial score (nSPS) is 23.3. The Bertz CT molecular complexity index is 514. The summed E-state index contributed by atoms with van der Waals surface area (Å²) in [6.45, 7) is 6.68. The highest BCUT2D eigenvalue weighted by molar-refractivity contribution is 5.81. The highest BCUT2D eigenvalue weighted by atomic mass is 16.5. The van der Waals surface area contributed by atoms with Gasteiger partial charge in [-0.3, -0.25) is 14.6 Å². The molecule has 2 aliphatic rings. The number of carbonyl (C=O) groups excluding carboxylic acids is 1. The van der Waals surface area contributed by atoms with Crippen LogP contribution in [-0.2, 0) is 16.1 Å². The summed E-state index contributed by atoms with van der Waals surface area (Å²) in [5.41, 5.74) is 0. The molecule has 140 valence electrons. The van der Waals surface area contributed by atoms with Crippen LogP contribution in [0.1, 0.15) is 31.4 Å². The molecule has 2 saturated heterocycles. The third kappa shape index (κ3) is 5.30. The number of hydrogen-bond acceptors (Lipinski definition) is 5. The minimum atomic E-state index is 0.00199. The number of morpholine rings is 1. The molecule has 0 bridgehead atoms. The number of carbonyl (C=O) groups is 1. The van der Waals surface area contributed by atoms with Crippen LogP contribution in [0.25, 0.3) is 0 Å². The van der Waals surface area contributed by atoms with E-state index in [2.05, 4.69) is 16.8 Å². The molecule has 2 aliphatic heterocycles. The Morgan fingerprint density at radius 1 is 1.24 bits per heavy atom. The van der Waals surface area contributed by atoms with Gasteiger partial charge in [-0.15, -0.1) is 0 Å². The van der Waals surface area contributed by atoms with Crippen molar-refractivity contribution in [3.8, 4) is 0 Å². The van der Waals surface area contributed by atoms with Crippen molar-refractivity contribution in [1.82, 2.24) is 14.7 Å². The van der Waals surface area contributed by atoms with Crippen molar-refractivity contribution in [3.63, 3.8) is 0 Å². The molecule has 1 amide bonds. The lowest BCUT2D eigenvalue weighted by Crippen LogP contribution is -2.49. The molecule has 0 radical (unpaired) electrons. The van der Waals surface area contributed by atoms with Crippen LogP contribution in [0.5, 0.6) is 0 Å². The van der Waals surface area contributed by atoms with Gasteiger partial charge in [-0.05, 0) is 38.6 Å². The summed E-state index contributed by atoms with van der Waals surface area (Å²) >= 11 is 0. The van der Waals surface area contributed by atoms with Crippen LogP contribution in [0.2, 0.25) is 0 Å². The van der Waals surface area contributed by atoms with Gasteiger partial charge in [0, 0.05) is 26.2 Å². The summed E-state index contributed by atoms with van der Waals surface area (Å²) in [6, 6.07) is 3.84. The summed E-state index contributed by atoms with van der Waals surface area (Å²) in [4.78, 5) is 19.9. The fourth-order valence-electron chi connectivity index (χ4n) is 3.72. The number of hydrogen-bond donors (Lipinski definition) is 0. The average molecular weight is 349 g/mol. The van der Waals surface area contributed by atoms with Gasteiger partial charge < -0.3 is 14.1 Å². The lowest BCUT2D eigenvalue weighted by atomic mass is 10.1. The molecule has 0 aromatic carbocycles. The van der Waals surface area contributed by atoms with E-state index in [-0.39, 0.29) is 11.9 Å². The van der Waals surface area contributed by atoms with E-state index in [1.807, 2.05) is 17.0 Å². The SMILES string of the molecule is CN1CCCCCC1C(=O)N(CCN1CCOCC1)Cc1ccco1. The highest BCUT2D eigenvalue weighted by Gasteiger charge is 2.29. The van der Waals surface area contributed by atoms with Gasteiger partial charge in [-0.25, -0.2) is 0 Å². The number of rotatable bonds is 6. The second kappa shape index (κ2) is 9.36. The number of amides is 1. The molecule has 1 unspecified atom stereocenters. The zero-order chi connectivity index (χ0) is 17.5. The van der Waals surface area contributed by atoms with Crippen molar-refractivity contribution in [3.05, 3.63) is 24.2 Å². The molecular weight excluding hydrogens is 318 g/mol. The van der Waals surface area contributed by atoms with E-state index in [0.29, 0.717) is 6.54 Å². The summed E-state index contributed by atoms with van der Waals surface area (Å²) in [5.74, 6) is 1.10. The Balaban J connectivity index is 1.64. The lowest BCUT2D eigenvalue weighted by molar-refractivity contribution is -0.138. The summed E-state index contributed by atoms with van der Waals surface area (Å²) < 4.78 is 10.9. The van der Waals surface area contributed by atoms with Gasteiger partial charge in [0.25, 0.3) is 0 Å². The van der Waals surface area contributed by atoms with E-state index in [1.165, 1.54) is 12.8 Å². The Kier molecular flexibility index (Phi) is 6.90. The van der Waals surface area contributed by atoms with Crippen molar-refractivity contribution < 1.29 is 13.9 Å². The van der Waals surface area contributed by atoms with E-state index < -0.39 is 0 Å². The fraction of sp³-hybridized carbons (Fsp3) is 0.737. The Morgan fingerprint density at radius 3 is 2.84 bits per heavy atom. The van der Waals surface area contributed by atoms with Crippen molar-refractivity contribution in [2.45, 2.75) is 38.3 Å². The number of likely N-dealkylation sites (N-methyl/N-ethyl adjacent to an activating group) is 1. The first kappa shape index (κ1) is 18.4. The maximum atomic E-state index is 13.3. The van der Waals surface area contributed by atoms with Crippen LogP contribution in [0.4, 0.5) is 0 Å². The van der Waals surface area contributed by atoms with Crippen LogP contribution in [0.15, 0.2) is 22.8 Å². The molecule has 3 heterocycles. The highest BCUT2D eigenvalue weighted by Crippen LogP contribution is 2.18. The summed E-state index contributed by atoms with van der Waals surface area (Å²) in [6.07, 6.45) is 6.18. The molecule has 6 heteroatoms. The van der Waals surface area contributed by atoms with Gasteiger partial charge in [-0.2, -0.15) is 0 Å². The standard InChI is InChI=1S/C19H31N3O3/c1-20-8-4-2-3-7-18(20)19(23)22(16-17-6-5-13-25-17)10-9-21-11-14-24-15-12-21/h5-6,13,18H,2-4,7-12,14-16H2,1H3. The second-order valence-corrected chi connectivity index (χ2v) is 7.14. The quantitative estimate of drug-likeness (QED) is 0.784. The van der Waals surface area contributed by atoms with Crippen LogP contribution < -0.4 is 0 Å². The molecule has 3 rings (SSSR count). The summed E-state index contributed by atoms with van der Waals surface area (Å²) in [7, 11) is 2.08. The van der Waals surface area contributed by atoms with E-state index in [4.69, 9.17) is 9.15 Å². The smallest absolute Gasteiger partial charge is 0.240 e. The minimum Gasteiger partial charge on any atom is -0.467 e. The number of nitrogens with zero attached hydrogens (tertiary/aromatic N) is 3. The predicted octanol–water partition coefficient (Wildman–Crippen LogP) is 1.81. The van der Waals surface area contributed by atoms with Crippen LogP contribution in [0.3, 0.4) is 0 Å². The minimum absolute atomic E-state index is 0.00199. The molecule has 1 aromatic rings. The van der Waals surface area contributed by atoms with Crippen molar-refractivity contribution in [1.29, 1.82) is 0 Å². The second-order valence-electron chi connectivity index (χ2n) is 7.14. The first-order valence-electron chi connectivity index (χ1n) is 9.55. The van der Waals surface area contributed by atoms with E-state index >= 15 is 0 Å². The van der Waals surface area contributed by atoms with Crippen molar-refractivity contribution >= 4 is 5.91 Å². The number of furan rings is 1. The van der Waals surface area contributed by atoms with Crippen molar-refractivity contribution in [2.24, 2.45) is 0 Å². The van der Waals surface area contributed by atoms with Gasteiger partial charge in [0.1, 0.15) is 5.76 Å². The van der Waals surface area contributed by atoms with Crippen molar-refractivity contribution in [2.75, 3.05) is 53.0 Å². The number of likely N-dealkylation sites (tertiary alicyclic amines) is 1. The molecule has 0 aliphatic carbocycles. The van der Waals surface area contributed by atoms with Gasteiger partial charge in [-0.1, -0.05) is 12.8 Å². The largest absolute Gasteiger partial charge is 0.467 e. The first-order chi connectivity index (χ1) is 12.2. The van der Waals surface area contributed by atoms with Gasteiger partial charge >= 0.3 is 0 Å². The first-order valence-corrected chi connectivity index (χ1v) is 9.55. The van der Waals surface area contributed by atoms with Gasteiger partial charge in [0.05, 0.1) is 32.1 Å². The summed E-state index contributed by atoms with van der Waals surface area (Å²) in [5, 5.41) is 0. The molecular formula is C19H31N3O3. The van der Waals surface area contributed by atoms with Gasteiger partial charge in [0.15, 0.2) is 0 Å². The third-order valence-electron chi connectivity index (χ3n) is 5.33. The molecule has 0 spiro atoms. The topological polar surface area (TPSA) is 49.2 Å². The average Bonchev–Trinajstić information content (AvgIpc) is 3.05. The van der Waals surface area contributed by atoms with Gasteiger partial charge in [0.2, 0.25) is 5.91 Å². The molecule has 0 N–H and O–H groups in total. The molecule has 6 nitrogen and oxygen atoms in total. The monoisotopic (exact) mass is 349 g/mol. The van der Waals surface area contributed by atoms with E-state index in [1.54, 1.807) is 6.26 Å². The van der Waals surface area contributed by atoms with E-state index in [9.17, 15) is 4.79 Å². The Labute approximate surface area is 150 Å². The van der Waals surface area contributed by atoms with Crippen LogP contribution >= 0.6 is 0 Å². The zero-order valence-electron chi connectivity index (χ0n) is 15.4. The molecule has 1 atom stereocenters. The maximum absolute atomic E-state index is 13.3. The predicted molar refractivity (Wildman–Crippen MR) is 96.3 cm³/mol. The molecule has 0 saturated carbocycles. The Hall–Kier alpha value is -1.37. The van der Waals surface area contributed by atoms with E-state index in [0.717, 1.165) is 64.5 Å². The fourth-order valence-corrected chi connectivity index (χ4v) is 3.72. The van der Waals surface area contributed by atoms with Crippen LogP contribution in [-0.4, -0.2) is 79.6 Å². The Morgan fingerprint density at radius 2 is 2.08 bits per heavy atom. The third-order valence-corrected chi connectivity index (χ3v) is 5.33.